The Morgan fingerprint density at radius 1 is 1.33 bits per heavy atom. The van der Waals surface area contributed by atoms with Crippen LogP contribution in [0.3, 0.4) is 0 Å². The summed E-state index contributed by atoms with van der Waals surface area (Å²) in [6.07, 6.45) is 1.92. The van der Waals surface area contributed by atoms with E-state index in [-0.39, 0.29) is 5.75 Å². The van der Waals surface area contributed by atoms with Crippen molar-refractivity contribution in [2.75, 3.05) is 0 Å². The van der Waals surface area contributed by atoms with Gasteiger partial charge in [-0.25, -0.2) is 0 Å². The number of allylic oxidation sites excluding steroid dienone is 2. The Balaban J connectivity index is 2.58. The van der Waals surface area contributed by atoms with Gasteiger partial charge in [0.1, 0.15) is 17.3 Å². The highest BCUT2D eigenvalue weighted by Gasteiger charge is 2.18. The van der Waals surface area contributed by atoms with Gasteiger partial charge in [0.25, 0.3) is 0 Å². The molecule has 0 aromatic heterocycles. The van der Waals surface area contributed by atoms with Crippen molar-refractivity contribution in [1.82, 2.24) is 0 Å². The fraction of sp³-hybridized carbons (Fsp3) is 0.231. The molecular formula is C13H14O2. The quantitative estimate of drug-likeness (QED) is 0.756. The highest BCUT2D eigenvalue weighted by atomic mass is 16.5. The average Bonchev–Trinajstić information content (AvgIpc) is 2.17. The maximum Gasteiger partial charge on any atom is 0.135 e. The molecule has 0 amide bonds. The maximum atomic E-state index is 9.45. The van der Waals surface area contributed by atoms with Crippen LogP contribution in [0.2, 0.25) is 0 Å². The van der Waals surface area contributed by atoms with Gasteiger partial charge >= 0.3 is 0 Å². The molecule has 15 heavy (non-hydrogen) atoms. The van der Waals surface area contributed by atoms with Crippen LogP contribution in [0.25, 0.3) is 5.57 Å². The molecule has 0 aliphatic carbocycles. The van der Waals surface area contributed by atoms with Crippen molar-refractivity contribution in [2.45, 2.75) is 13.8 Å². The Labute approximate surface area is 89.5 Å². The van der Waals surface area contributed by atoms with Gasteiger partial charge < -0.3 is 9.84 Å². The smallest absolute Gasteiger partial charge is 0.135 e. The summed E-state index contributed by atoms with van der Waals surface area (Å²) in [5.74, 6) is 2.06. The van der Waals surface area contributed by atoms with Crippen LogP contribution < -0.4 is 4.74 Å². The van der Waals surface area contributed by atoms with Gasteiger partial charge in [-0.15, -0.1) is 0 Å². The van der Waals surface area contributed by atoms with Gasteiger partial charge in [-0.05, 0) is 35.8 Å². The van der Waals surface area contributed by atoms with Crippen LogP contribution in [-0.2, 0) is 0 Å². The fourth-order valence-electron chi connectivity index (χ4n) is 1.73. The predicted octanol–water partition coefficient (Wildman–Crippen LogP) is 3.34. The summed E-state index contributed by atoms with van der Waals surface area (Å²) in [5.41, 5.74) is 2.11. The molecule has 2 heteroatoms. The van der Waals surface area contributed by atoms with Crippen molar-refractivity contribution in [3.8, 4) is 11.5 Å². The lowest BCUT2D eigenvalue weighted by atomic mass is 9.92. The minimum atomic E-state index is 0.261. The van der Waals surface area contributed by atoms with Crippen LogP contribution in [0, 0.1) is 5.92 Å². The van der Waals surface area contributed by atoms with E-state index in [1.165, 1.54) is 0 Å². The van der Waals surface area contributed by atoms with E-state index in [2.05, 4.69) is 20.4 Å². The monoisotopic (exact) mass is 202 g/mol. The van der Waals surface area contributed by atoms with Gasteiger partial charge in [-0.2, -0.15) is 0 Å². The lowest BCUT2D eigenvalue weighted by Gasteiger charge is -2.22. The Morgan fingerprint density at radius 2 is 2.07 bits per heavy atom. The largest absolute Gasteiger partial charge is 0.508 e. The summed E-state index contributed by atoms with van der Waals surface area (Å²) in [4.78, 5) is 0. The molecule has 2 rings (SSSR count). The van der Waals surface area contributed by atoms with Gasteiger partial charge in [-0.3, -0.25) is 0 Å². The summed E-state index contributed by atoms with van der Waals surface area (Å²) in [7, 11) is 0. The van der Waals surface area contributed by atoms with Gasteiger partial charge in [0.2, 0.25) is 0 Å². The lowest BCUT2D eigenvalue weighted by Crippen LogP contribution is -2.05. The normalized spacial score (nSPS) is 14.6. The first-order valence-corrected chi connectivity index (χ1v) is 4.99. The number of rotatable bonds is 1. The van der Waals surface area contributed by atoms with Crippen LogP contribution in [0.4, 0.5) is 0 Å². The fourth-order valence-corrected chi connectivity index (χ4v) is 1.73. The predicted molar refractivity (Wildman–Crippen MR) is 60.7 cm³/mol. The number of hydrogen-bond donors (Lipinski definition) is 1. The Morgan fingerprint density at radius 3 is 2.73 bits per heavy atom. The maximum absolute atomic E-state index is 9.45. The highest BCUT2D eigenvalue weighted by Crippen LogP contribution is 2.38. The van der Waals surface area contributed by atoms with Crippen molar-refractivity contribution >= 4 is 5.57 Å². The molecule has 0 saturated carbocycles. The van der Waals surface area contributed by atoms with Crippen LogP contribution >= 0.6 is 0 Å². The third-order valence-corrected chi connectivity index (χ3v) is 2.45. The molecule has 0 bridgehead atoms. The van der Waals surface area contributed by atoms with Crippen molar-refractivity contribution in [1.29, 1.82) is 0 Å². The van der Waals surface area contributed by atoms with Crippen molar-refractivity contribution < 1.29 is 9.84 Å². The van der Waals surface area contributed by atoms with E-state index in [4.69, 9.17) is 4.74 Å². The standard InChI is InChI=1S/C13H14O2/c1-8(2)11-6-9(3)15-13-5-4-10(14)7-12(11)13/h4-8,14H,3H2,1-2H3. The number of aromatic hydroxyl groups is 1. The minimum Gasteiger partial charge on any atom is -0.508 e. The second-order valence-electron chi connectivity index (χ2n) is 4.00. The van der Waals surface area contributed by atoms with Gasteiger partial charge in [0.15, 0.2) is 0 Å². The molecule has 1 aliphatic rings. The minimum absolute atomic E-state index is 0.261. The van der Waals surface area contributed by atoms with Crippen LogP contribution in [-0.4, -0.2) is 5.11 Å². The van der Waals surface area contributed by atoms with Crippen molar-refractivity contribution in [3.05, 3.63) is 42.2 Å². The average molecular weight is 202 g/mol. The molecule has 0 fully saturated rings. The second kappa shape index (κ2) is 3.46. The summed E-state index contributed by atoms with van der Waals surface area (Å²) in [5, 5.41) is 9.45. The zero-order valence-corrected chi connectivity index (χ0v) is 8.95. The van der Waals surface area contributed by atoms with Gasteiger partial charge in [0, 0.05) is 5.56 Å². The number of phenols is 1. The van der Waals surface area contributed by atoms with Crippen molar-refractivity contribution in [2.24, 2.45) is 5.92 Å². The molecule has 1 aliphatic heterocycles. The molecular weight excluding hydrogens is 188 g/mol. The molecule has 78 valence electrons. The summed E-state index contributed by atoms with van der Waals surface area (Å²) >= 11 is 0. The number of benzene rings is 1. The first kappa shape index (κ1) is 9.84. The summed E-state index contributed by atoms with van der Waals surface area (Å²) < 4.78 is 5.49. The van der Waals surface area contributed by atoms with E-state index in [9.17, 15) is 5.11 Å². The topological polar surface area (TPSA) is 29.5 Å². The molecule has 1 aromatic rings. The van der Waals surface area contributed by atoms with E-state index < -0.39 is 0 Å². The Bertz CT molecular complexity index is 442. The summed E-state index contributed by atoms with van der Waals surface area (Å²) in [6, 6.07) is 5.12. The van der Waals surface area contributed by atoms with E-state index in [1.54, 1.807) is 18.2 Å². The molecule has 0 radical (unpaired) electrons. The molecule has 0 spiro atoms. The first-order chi connectivity index (χ1) is 7.08. The summed E-state index contributed by atoms with van der Waals surface area (Å²) in [6.45, 7) is 8.03. The van der Waals surface area contributed by atoms with E-state index >= 15 is 0 Å². The van der Waals surface area contributed by atoms with Crippen LogP contribution in [0.1, 0.15) is 19.4 Å². The third-order valence-electron chi connectivity index (χ3n) is 2.45. The number of hydrogen-bond acceptors (Lipinski definition) is 2. The van der Waals surface area contributed by atoms with Crippen LogP contribution in [0.15, 0.2) is 36.6 Å². The number of ether oxygens (including phenoxy) is 1. The molecule has 0 atom stereocenters. The second-order valence-corrected chi connectivity index (χ2v) is 4.00. The number of phenolic OH excluding ortho intramolecular Hbond substituents is 1. The third kappa shape index (κ3) is 1.75. The molecule has 0 saturated heterocycles. The van der Waals surface area contributed by atoms with Gasteiger partial charge in [-0.1, -0.05) is 20.4 Å². The molecule has 2 nitrogen and oxygen atoms in total. The highest BCUT2D eigenvalue weighted by molar-refractivity contribution is 5.76. The Hall–Kier alpha value is -1.70. The SMILES string of the molecule is C=C1C=C(C(C)C)c2cc(O)ccc2O1. The van der Waals surface area contributed by atoms with E-state index in [0.717, 1.165) is 16.9 Å². The number of fused-ring (bicyclic) bond motifs is 1. The molecule has 1 N–H and O–H groups in total. The zero-order valence-electron chi connectivity index (χ0n) is 8.95. The molecule has 0 unspecified atom stereocenters. The molecule has 1 heterocycles. The Kier molecular flexibility index (Phi) is 2.27. The lowest BCUT2D eigenvalue weighted by molar-refractivity contribution is 0.434. The van der Waals surface area contributed by atoms with E-state index in [1.807, 2.05) is 6.08 Å². The van der Waals surface area contributed by atoms with E-state index in [0.29, 0.717) is 11.7 Å². The van der Waals surface area contributed by atoms with Crippen molar-refractivity contribution in [3.63, 3.8) is 0 Å². The zero-order chi connectivity index (χ0) is 11.0. The first-order valence-electron chi connectivity index (χ1n) is 4.99. The molecule has 1 aromatic carbocycles. The van der Waals surface area contributed by atoms with Gasteiger partial charge in [0.05, 0.1) is 0 Å². The van der Waals surface area contributed by atoms with Crippen LogP contribution in [0.5, 0.6) is 11.5 Å².